The maximum Gasteiger partial charge on any atom is 0.343 e. The highest BCUT2D eigenvalue weighted by Gasteiger charge is 2.15. The first-order chi connectivity index (χ1) is 5.62. The number of alkyl halides is 1. The predicted octanol–water partition coefficient (Wildman–Crippen LogP) is 2.74. The normalized spacial score (nSPS) is 16.6. The zero-order valence-electron chi connectivity index (χ0n) is 7.07. The topological polar surface area (TPSA) is 46.5 Å². The second-order valence-electron chi connectivity index (χ2n) is 2.31. The molecule has 0 aliphatic rings. The average molecular weight is 213 g/mol. The van der Waals surface area contributed by atoms with E-state index in [0.29, 0.717) is 0 Å². The monoisotopic (exact) mass is 212 g/mol. The van der Waals surface area contributed by atoms with E-state index >= 15 is 0 Å². The molecule has 0 aromatic rings. The van der Waals surface area contributed by atoms with Crippen LogP contribution in [0.3, 0.4) is 0 Å². The van der Waals surface area contributed by atoms with Crippen molar-refractivity contribution >= 4 is 19.2 Å². The largest absolute Gasteiger partial charge is 0.343 e. The molecular weight excluding hydrogens is 199 g/mol. The zero-order valence-corrected chi connectivity index (χ0v) is 8.72. The average Bonchev–Trinajstić information content (AvgIpc) is 2.04. The molecule has 1 atom stereocenters. The van der Waals surface area contributed by atoms with Crippen LogP contribution >= 0.6 is 19.2 Å². The molecule has 72 valence electrons. The minimum Gasteiger partial charge on any atom is -0.323 e. The van der Waals surface area contributed by atoms with Gasteiger partial charge in [-0.1, -0.05) is 25.5 Å². The fourth-order valence-corrected chi connectivity index (χ4v) is 1.14. The molecule has 0 radical (unpaired) electrons. The molecule has 3 nitrogen and oxygen atoms in total. The Kier molecular flexibility index (Phi) is 6.77. The Hall–Kier alpha value is 0.180. The smallest absolute Gasteiger partial charge is 0.323 e. The Labute approximate surface area is 77.9 Å². The number of allylic oxidation sites excluding steroid dienone is 1. The van der Waals surface area contributed by atoms with E-state index in [9.17, 15) is 4.57 Å². The zero-order chi connectivity index (χ0) is 9.45. The second-order valence-corrected chi connectivity index (χ2v) is 4.80. The summed E-state index contributed by atoms with van der Waals surface area (Å²) in [6.45, 7) is 2.21. The predicted molar refractivity (Wildman–Crippen MR) is 50.5 cm³/mol. The minimum absolute atomic E-state index is 0.153. The number of hydrogen-bond acceptors (Lipinski definition) is 2. The van der Waals surface area contributed by atoms with Crippen LogP contribution in [0.1, 0.15) is 19.8 Å². The van der Waals surface area contributed by atoms with Gasteiger partial charge in [-0.3, -0.25) is 4.57 Å². The first-order valence-corrected chi connectivity index (χ1v) is 6.09. The second kappa shape index (κ2) is 6.67. The molecule has 0 heterocycles. The van der Waals surface area contributed by atoms with E-state index in [-0.39, 0.29) is 12.2 Å². The fraction of sp³-hybridized carbons (Fsp3) is 0.714. The first kappa shape index (κ1) is 12.2. The maximum atomic E-state index is 10.8. The molecular formula is C7H14ClO3P. The van der Waals surface area contributed by atoms with Crippen LogP contribution in [0.2, 0.25) is 0 Å². The van der Waals surface area contributed by atoms with Gasteiger partial charge in [-0.15, -0.1) is 11.6 Å². The fourth-order valence-electron chi connectivity index (χ4n) is 0.547. The summed E-state index contributed by atoms with van der Waals surface area (Å²) in [4.78, 5) is 8.85. The highest BCUT2D eigenvalue weighted by Crippen LogP contribution is 2.42. The van der Waals surface area contributed by atoms with Crippen molar-refractivity contribution in [2.24, 2.45) is 0 Å². The van der Waals surface area contributed by atoms with Gasteiger partial charge in [-0.2, -0.15) is 0 Å². The molecule has 0 bridgehead atoms. The van der Waals surface area contributed by atoms with Crippen LogP contribution in [0.25, 0.3) is 0 Å². The van der Waals surface area contributed by atoms with Gasteiger partial charge in [-0.25, -0.2) is 0 Å². The molecule has 0 aromatic carbocycles. The number of rotatable bonds is 6. The van der Waals surface area contributed by atoms with E-state index in [0.717, 1.165) is 12.8 Å². The first-order valence-electron chi connectivity index (χ1n) is 3.79. The summed E-state index contributed by atoms with van der Waals surface area (Å²) in [7, 11) is -3.51. The lowest BCUT2D eigenvalue weighted by Gasteiger charge is -2.05. The van der Waals surface area contributed by atoms with Crippen LogP contribution in [0, 0.1) is 0 Å². The van der Waals surface area contributed by atoms with Crippen LogP contribution in [0.4, 0.5) is 0 Å². The number of unbranched alkanes of at least 4 members (excludes halogenated alkanes) is 1. The van der Waals surface area contributed by atoms with E-state index in [4.69, 9.17) is 16.5 Å². The molecule has 0 saturated carbocycles. The summed E-state index contributed by atoms with van der Waals surface area (Å²) >= 11 is 5.17. The SMILES string of the molecule is CCCC=CCOP(=O)(O)CCl. The summed E-state index contributed by atoms with van der Waals surface area (Å²) in [5, 5.41) is 0. The van der Waals surface area contributed by atoms with Crippen molar-refractivity contribution in [3.8, 4) is 0 Å². The van der Waals surface area contributed by atoms with Crippen LogP contribution in [0.5, 0.6) is 0 Å². The third-order valence-electron chi connectivity index (χ3n) is 1.15. The Morgan fingerprint density at radius 2 is 2.25 bits per heavy atom. The van der Waals surface area contributed by atoms with Gasteiger partial charge in [0, 0.05) is 0 Å². The molecule has 0 fully saturated rings. The van der Waals surface area contributed by atoms with Crippen molar-refractivity contribution in [2.75, 3.05) is 12.2 Å². The van der Waals surface area contributed by atoms with Crippen molar-refractivity contribution in [3.63, 3.8) is 0 Å². The van der Waals surface area contributed by atoms with Crippen LogP contribution in [-0.4, -0.2) is 17.1 Å². The van der Waals surface area contributed by atoms with Crippen LogP contribution < -0.4 is 0 Å². The van der Waals surface area contributed by atoms with Crippen molar-refractivity contribution in [1.82, 2.24) is 0 Å². The van der Waals surface area contributed by atoms with Crippen LogP contribution in [-0.2, 0) is 9.09 Å². The lowest BCUT2D eigenvalue weighted by atomic mass is 10.3. The van der Waals surface area contributed by atoms with Gasteiger partial charge in [0.25, 0.3) is 0 Å². The van der Waals surface area contributed by atoms with E-state index in [1.165, 1.54) is 0 Å². The summed E-state index contributed by atoms with van der Waals surface area (Å²) in [5.74, 6) is 0. The lowest BCUT2D eigenvalue weighted by molar-refractivity contribution is 0.291. The quantitative estimate of drug-likeness (QED) is 0.418. The highest BCUT2D eigenvalue weighted by atomic mass is 35.5. The molecule has 0 rings (SSSR count). The van der Waals surface area contributed by atoms with E-state index in [2.05, 4.69) is 11.4 Å². The molecule has 0 aromatic heterocycles. The highest BCUT2D eigenvalue weighted by molar-refractivity contribution is 7.54. The van der Waals surface area contributed by atoms with Gasteiger partial charge in [0.2, 0.25) is 0 Å². The van der Waals surface area contributed by atoms with Crippen molar-refractivity contribution in [3.05, 3.63) is 12.2 Å². The van der Waals surface area contributed by atoms with Gasteiger partial charge in [-0.05, 0) is 6.42 Å². The Morgan fingerprint density at radius 1 is 1.58 bits per heavy atom. The van der Waals surface area contributed by atoms with Crippen molar-refractivity contribution in [2.45, 2.75) is 19.8 Å². The lowest BCUT2D eigenvalue weighted by Crippen LogP contribution is -1.90. The van der Waals surface area contributed by atoms with Gasteiger partial charge >= 0.3 is 7.60 Å². The summed E-state index contributed by atoms with van der Waals surface area (Å²) < 4.78 is 15.4. The van der Waals surface area contributed by atoms with Crippen molar-refractivity contribution in [1.29, 1.82) is 0 Å². The molecule has 0 saturated heterocycles. The number of hydrogen-bond donors (Lipinski definition) is 1. The maximum absolute atomic E-state index is 10.8. The molecule has 0 aliphatic heterocycles. The third-order valence-corrected chi connectivity index (χ3v) is 2.91. The van der Waals surface area contributed by atoms with Gasteiger partial charge in [0.05, 0.1) is 6.61 Å². The Bertz CT molecular complexity index is 181. The molecule has 0 amide bonds. The van der Waals surface area contributed by atoms with E-state index in [1.807, 2.05) is 6.08 Å². The van der Waals surface area contributed by atoms with E-state index in [1.54, 1.807) is 6.08 Å². The summed E-state index contributed by atoms with van der Waals surface area (Å²) in [5.41, 5.74) is -0.353. The third kappa shape index (κ3) is 6.86. The molecule has 1 unspecified atom stereocenters. The standard InChI is InChI=1S/C7H14ClO3P/c1-2-3-4-5-6-11-12(9,10)7-8/h4-5H,2-3,6-7H2,1H3,(H,9,10). The molecule has 5 heteroatoms. The van der Waals surface area contributed by atoms with Crippen LogP contribution in [0.15, 0.2) is 12.2 Å². The summed E-state index contributed by atoms with van der Waals surface area (Å²) in [6, 6.07) is 0. The van der Waals surface area contributed by atoms with Gasteiger partial charge < -0.3 is 9.42 Å². The molecule has 0 aliphatic carbocycles. The van der Waals surface area contributed by atoms with Crippen molar-refractivity contribution < 1.29 is 14.0 Å². The minimum atomic E-state index is -3.51. The van der Waals surface area contributed by atoms with E-state index < -0.39 is 7.60 Å². The molecule has 0 spiro atoms. The Balaban J connectivity index is 3.49. The van der Waals surface area contributed by atoms with Gasteiger partial charge in [0.1, 0.15) is 5.62 Å². The summed E-state index contributed by atoms with van der Waals surface area (Å²) in [6.07, 6.45) is 5.65. The van der Waals surface area contributed by atoms with Gasteiger partial charge in [0.15, 0.2) is 0 Å². The number of halogens is 1. The molecule has 12 heavy (non-hydrogen) atoms. The Morgan fingerprint density at radius 3 is 2.75 bits per heavy atom. The molecule has 1 N–H and O–H groups in total.